The molecule has 0 bridgehead atoms. The van der Waals surface area contributed by atoms with Gasteiger partial charge in [0.15, 0.2) is 5.16 Å². The third kappa shape index (κ3) is 3.77. The zero-order valence-corrected chi connectivity index (χ0v) is 18.4. The average molecular weight is 451 g/mol. The van der Waals surface area contributed by atoms with Gasteiger partial charge >= 0.3 is 0 Å². The van der Waals surface area contributed by atoms with Crippen LogP contribution in [0, 0.1) is 5.82 Å². The number of thiophene rings is 1. The van der Waals surface area contributed by atoms with Gasteiger partial charge in [-0.1, -0.05) is 61.2 Å². The minimum absolute atomic E-state index is 0.0391. The lowest BCUT2D eigenvalue weighted by Crippen LogP contribution is -2.24. The Bertz CT molecular complexity index is 1410. The molecule has 0 amide bonds. The Morgan fingerprint density at radius 3 is 2.61 bits per heavy atom. The van der Waals surface area contributed by atoms with Crippen molar-refractivity contribution in [1.29, 1.82) is 0 Å². The van der Waals surface area contributed by atoms with Gasteiger partial charge in [0.2, 0.25) is 5.78 Å². The van der Waals surface area contributed by atoms with E-state index in [-0.39, 0.29) is 17.3 Å². The Labute approximate surface area is 186 Å². The first kappa shape index (κ1) is 20.0. The molecule has 1 atom stereocenters. The number of halogens is 1. The summed E-state index contributed by atoms with van der Waals surface area (Å²) in [5.41, 5.74) is 2.95. The van der Waals surface area contributed by atoms with Gasteiger partial charge in [0.25, 0.3) is 5.56 Å². The molecule has 0 radical (unpaired) electrons. The first-order valence-electron chi connectivity index (χ1n) is 9.89. The smallest absolute Gasteiger partial charge is 0.272 e. The van der Waals surface area contributed by atoms with Crippen molar-refractivity contribution in [3.05, 3.63) is 93.3 Å². The van der Waals surface area contributed by atoms with Crippen LogP contribution >= 0.6 is 23.1 Å². The molecular weight excluding hydrogens is 431 g/mol. The minimum Gasteiger partial charge on any atom is -0.275 e. The maximum absolute atomic E-state index is 13.2. The normalized spacial score (nSPS) is 12.6. The van der Waals surface area contributed by atoms with Gasteiger partial charge < -0.3 is 0 Å². The maximum atomic E-state index is 13.2. The largest absolute Gasteiger partial charge is 0.275 e. The fourth-order valence-corrected chi connectivity index (χ4v) is 5.37. The van der Waals surface area contributed by atoms with Crippen LogP contribution in [0.3, 0.4) is 0 Å². The fraction of sp³-hybridized carbons (Fsp3) is 0.174. The molecule has 2 aromatic carbocycles. The molecule has 5 nitrogen and oxygen atoms in total. The fourth-order valence-electron chi connectivity index (χ4n) is 3.65. The van der Waals surface area contributed by atoms with Gasteiger partial charge in [-0.3, -0.25) is 13.8 Å². The van der Waals surface area contributed by atoms with Gasteiger partial charge in [0.05, 0.1) is 5.52 Å². The Morgan fingerprint density at radius 2 is 1.84 bits per heavy atom. The minimum atomic E-state index is -0.252. The summed E-state index contributed by atoms with van der Waals surface area (Å²) >= 11 is 2.95. The molecule has 156 valence electrons. The number of fused-ring (bicyclic) bond motifs is 3. The number of nitrogens with zero attached hydrogens (tertiary/aromatic N) is 4. The molecule has 5 rings (SSSR count). The van der Waals surface area contributed by atoms with Crippen molar-refractivity contribution < 1.29 is 4.39 Å². The third-order valence-electron chi connectivity index (χ3n) is 5.29. The summed E-state index contributed by atoms with van der Waals surface area (Å²) in [6, 6.07) is 18.5. The highest BCUT2D eigenvalue weighted by Crippen LogP contribution is 2.27. The van der Waals surface area contributed by atoms with Crippen molar-refractivity contribution >= 4 is 39.1 Å². The van der Waals surface area contributed by atoms with E-state index in [4.69, 9.17) is 0 Å². The van der Waals surface area contributed by atoms with E-state index >= 15 is 0 Å². The van der Waals surface area contributed by atoms with Gasteiger partial charge in [-0.25, -0.2) is 4.39 Å². The summed E-state index contributed by atoms with van der Waals surface area (Å²) in [5.74, 6) is 1.07. The molecule has 0 unspecified atom stereocenters. The van der Waals surface area contributed by atoms with Gasteiger partial charge in [-0.2, -0.15) is 0 Å². The highest BCUT2D eigenvalue weighted by atomic mass is 32.2. The number of aromatic nitrogens is 4. The summed E-state index contributed by atoms with van der Waals surface area (Å²) in [6.07, 6.45) is 0. The van der Waals surface area contributed by atoms with E-state index in [0.29, 0.717) is 27.9 Å². The second-order valence-electron chi connectivity index (χ2n) is 7.40. The molecule has 5 aromatic rings. The number of thioether (sulfide) groups is 1. The van der Waals surface area contributed by atoms with Crippen molar-refractivity contribution in [3.63, 3.8) is 0 Å². The Kier molecular flexibility index (Phi) is 5.33. The Hall–Kier alpha value is -2.97. The van der Waals surface area contributed by atoms with Crippen molar-refractivity contribution in [2.75, 3.05) is 0 Å². The SMILES string of the molecule is C[C@H](Cn1c(=O)c2sccc2n2c(SCc3ccc(F)cc3)nnc12)c1ccccc1. The van der Waals surface area contributed by atoms with Crippen molar-refractivity contribution in [2.45, 2.75) is 30.3 Å². The summed E-state index contributed by atoms with van der Waals surface area (Å²) in [7, 11) is 0. The molecule has 8 heteroatoms. The standard InChI is InChI=1S/C23H19FN4OS2/c1-15(17-5-3-2-4-6-17)13-27-21(29)20-19(11-12-30-20)28-22(27)25-26-23(28)31-14-16-7-9-18(24)10-8-16/h2-12,15H,13-14H2,1H3/t15-/m1/s1. The molecule has 0 saturated carbocycles. The van der Waals surface area contributed by atoms with Crippen LogP contribution in [0.1, 0.15) is 24.0 Å². The van der Waals surface area contributed by atoms with E-state index in [9.17, 15) is 9.18 Å². The van der Waals surface area contributed by atoms with Crippen LogP contribution in [-0.4, -0.2) is 19.2 Å². The molecule has 3 heterocycles. The second-order valence-corrected chi connectivity index (χ2v) is 9.25. The second kappa shape index (κ2) is 8.28. The average Bonchev–Trinajstić information content (AvgIpc) is 3.44. The van der Waals surface area contributed by atoms with E-state index in [0.717, 1.165) is 11.1 Å². The number of hydrogen-bond acceptors (Lipinski definition) is 5. The first-order chi connectivity index (χ1) is 15.1. The highest BCUT2D eigenvalue weighted by molar-refractivity contribution is 7.98. The van der Waals surface area contributed by atoms with Gasteiger partial charge in [0.1, 0.15) is 10.5 Å². The molecule has 0 fully saturated rings. The first-order valence-corrected chi connectivity index (χ1v) is 11.8. The van der Waals surface area contributed by atoms with Crippen LogP contribution in [0.25, 0.3) is 16.0 Å². The predicted octanol–water partition coefficient (Wildman–Crippen LogP) is 5.34. The van der Waals surface area contributed by atoms with E-state index in [1.807, 2.05) is 34.0 Å². The van der Waals surface area contributed by atoms with Crippen LogP contribution < -0.4 is 5.56 Å². The van der Waals surface area contributed by atoms with E-state index in [1.54, 1.807) is 16.7 Å². The molecule has 0 aliphatic carbocycles. The lowest BCUT2D eigenvalue weighted by molar-refractivity contribution is 0.588. The highest BCUT2D eigenvalue weighted by Gasteiger charge is 2.19. The number of rotatable bonds is 6. The van der Waals surface area contributed by atoms with Crippen molar-refractivity contribution in [3.8, 4) is 0 Å². The van der Waals surface area contributed by atoms with Gasteiger partial charge in [-0.15, -0.1) is 21.5 Å². The molecule has 0 aliphatic heterocycles. The van der Waals surface area contributed by atoms with Crippen LogP contribution in [0.2, 0.25) is 0 Å². The van der Waals surface area contributed by atoms with Crippen molar-refractivity contribution in [2.24, 2.45) is 0 Å². The van der Waals surface area contributed by atoms with Crippen LogP contribution in [0.15, 0.2) is 76.0 Å². The third-order valence-corrected chi connectivity index (χ3v) is 7.18. The van der Waals surface area contributed by atoms with E-state index < -0.39 is 0 Å². The number of benzene rings is 2. The molecular formula is C23H19FN4OS2. The van der Waals surface area contributed by atoms with Crippen LogP contribution in [0.5, 0.6) is 0 Å². The monoisotopic (exact) mass is 450 g/mol. The van der Waals surface area contributed by atoms with Crippen LogP contribution in [0.4, 0.5) is 4.39 Å². The molecule has 0 aliphatic rings. The summed E-state index contributed by atoms with van der Waals surface area (Å²) in [4.78, 5) is 13.2. The van der Waals surface area contributed by atoms with E-state index in [1.165, 1.54) is 40.8 Å². The van der Waals surface area contributed by atoms with Gasteiger partial charge in [0, 0.05) is 12.3 Å². The molecule has 0 N–H and O–H groups in total. The lowest BCUT2D eigenvalue weighted by atomic mass is 10.0. The van der Waals surface area contributed by atoms with E-state index in [2.05, 4.69) is 29.3 Å². The number of hydrogen-bond donors (Lipinski definition) is 0. The summed E-state index contributed by atoms with van der Waals surface area (Å²) in [6.45, 7) is 2.62. The van der Waals surface area contributed by atoms with Crippen molar-refractivity contribution in [1.82, 2.24) is 19.2 Å². The topological polar surface area (TPSA) is 52.2 Å². The lowest BCUT2D eigenvalue weighted by Gasteiger charge is -2.15. The molecule has 3 aromatic heterocycles. The maximum Gasteiger partial charge on any atom is 0.272 e. The van der Waals surface area contributed by atoms with Crippen LogP contribution in [-0.2, 0) is 12.3 Å². The predicted molar refractivity (Wildman–Crippen MR) is 123 cm³/mol. The zero-order chi connectivity index (χ0) is 21.4. The molecule has 0 spiro atoms. The summed E-state index contributed by atoms with van der Waals surface area (Å²) in [5, 5.41) is 11.4. The molecule has 0 saturated heterocycles. The zero-order valence-electron chi connectivity index (χ0n) is 16.7. The quantitative estimate of drug-likeness (QED) is 0.328. The summed E-state index contributed by atoms with van der Waals surface area (Å²) < 4.78 is 17.6. The Balaban J connectivity index is 1.55. The molecule has 31 heavy (non-hydrogen) atoms. The van der Waals surface area contributed by atoms with Gasteiger partial charge in [-0.05, 0) is 40.6 Å². The Morgan fingerprint density at radius 1 is 1.06 bits per heavy atom.